The second-order valence-corrected chi connectivity index (χ2v) is 8.06. The van der Waals surface area contributed by atoms with Gasteiger partial charge in [0.15, 0.2) is 0 Å². The molecule has 0 N–H and O–H groups in total. The molecule has 3 nitrogen and oxygen atoms in total. The molecule has 0 amide bonds. The summed E-state index contributed by atoms with van der Waals surface area (Å²) >= 11 is 0. The Morgan fingerprint density at radius 3 is 1.50 bits per heavy atom. The van der Waals surface area contributed by atoms with Crippen LogP contribution in [0.3, 0.4) is 0 Å². The fourth-order valence-corrected chi connectivity index (χ4v) is 5.19. The maximum atomic E-state index is 5.13. The minimum absolute atomic E-state index is 0.124. The highest BCUT2D eigenvalue weighted by Crippen LogP contribution is 2.43. The summed E-state index contributed by atoms with van der Waals surface area (Å²) in [6.45, 7) is 11.8. The maximum absolute atomic E-state index is 5.13. The first kappa shape index (κ1) is 12.6. The quantitative estimate of drug-likeness (QED) is 0.694. The highest BCUT2D eigenvalue weighted by molar-refractivity contribution is 7.42. The van der Waals surface area contributed by atoms with E-state index in [1.165, 1.54) is 51.9 Å². The molecule has 2 heterocycles. The van der Waals surface area contributed by atoms with Crippen molar-refractivity contribution in [3.8, 4) is 0 Å². The van der Waals surface area contributed by atoms with E-state index in [-0.39, 0.29) is 5.54 Å². The highest BCUT2D eigenvalue weighted by atomic mass is 31.1. The summed E-state index contributed by atoms with van der Waals surface area (Å²) in [7, 11) is -0.766. The Labute approximate surface area is 101 Å². The van der Waals surface area contributed by atoms with Crippen LogP contribution in [0.4, 0.5) is 0 Å². The van der Waals surface area contributed by atoms with Gasteiger partial charge in [-0.25, -0.2) is 0 Å². The molecule has 0 spiro atoms. The van der Waals surface area contributed by atoms with Crippen molar-refractivity contribution in [1.29, 1.82) is 0 Å². The van der Waals surface area contributed by atoms with E-state index < -0.39 is 8.01 Å². The molecule has 0 saturated carbocycles. The fraction of sp³-hybridized carbons (Fsp3) is 1.00. The Morgan fingerprint density at radius 1 is 0.812 bits per heavy atom. The van der Waals surface area contributed by atoms with E-state index in [0.717, 1.165) is 0 Å². The fourth-order valence-electron chi connectivity index (χ4n) is 2.48. The molecule has 0 aromatic heterocycles. The normalized spacial score (nSPS) is 24.5. The lowest BCUT2D eigenvalue weighted by Gasteiger charge is -2.30. The lowest BCUT2D eigenvalue weighted by Crippen LogP contribution is -2.23. The molecule has 2 aliphatic rings. The van der Waals surface area contributed by atoms with E-state index in [0.29, 0.717) is 0 Å². The molecule has 0 radical (unpaired) electrons. The summed E-state index contributed by atoms with van der Waals surface area (Å²) in [5.41, 5.74) is 0.124. The molecule has 94 valence electrons. The summed E-state index contributed by atoms with van der Waals surface area (Å²) in [5.74, 6) is 0. The van der Waals surface area contributed by atoms with Crippen LogP contribution in [0.1, 0.15) is 46.5 Å². The van der Waals surface area contributed by atoms with Crippen molar-refractivity contribution in [2.24, 2.45) is 4.74 Å². The zero-order valence-electron chi connectivity index (χ0n) is 11.0. The van der Waals surface area contributed by atoms with Crippen molar-refractivity contribution in [1.82, 2.24) is 9.34 Å². The smallest absolute Gasteiger partial charge is 0.0850 e. The highest BCUT2D eigenvalue weighted by Gasteiger charge is 2.25. The van der Waals surface area contributed by atoms with Crippen LogP contribution >= 0.6 is 8.01 Å². The van der Waals surface area contributed by atoms with Crippen molar-refractivity contribution in [3.63, 3.8) is 0 Å². The van der Waals surface area contributed by atoms with E-state index in [1.54, 1.807) is 0 Å². The largest absolute Gasteiger partial charge is 0.271 e. The molecule has 0 aliphatic carbocycles. The summed E-state index contributed by atoms with van der Waals surface area (Å²) in [5, 5.41) is 0. The van der Waals surface area contributed by atoms with Crippen LogP contribution in [0.2, 0.25) is 0 Å². The van der Waals surface area contributed by atoms with Crippen LogP contribution in [0, 0.1) is 0 Å². The molecule has 2 saturated heterocycles. The Balaban J connectivity index is 2.14. The maximum Gasteiger partial charge on any atom is 0.0850 e. The van der Waals surface area contributed by atoms with Crippen LogP contribution in [0.15, 0.2) is 4.74 Å². The third-order valence-corrected chi connectivity index (χ3v) is 6.11. The molecule has 2 fully saturated rings. The average Bonchev–Trinajstić information content (AvgIpc) is 2.86. The SMILES string of the molecule is CC(C)(C)N=[PH](N1CCCC1)N1CCCC1. The molecule has 0 bridgehead atoms. The lowest BCUT2D eigenvalue weighted by molar-refractivity contribution is 0.469. The summed E-state index contributed by atoms with van der Waals surface area (Å²) < 4.78 is 10.5. The Hall–Kier alpha value is 0.150. The van der Waals surface area contributed by atoms with Gasteiger partial charge in [-0.15, -0.1) is 0 Å². The predicted octanol–water partition coefficient (Wildman–Crippen LogP) is 3.20. The summed E-state index contributed by atoms with van der Waals surface area (Å²) in [6, 6.07) is 0. The van der Waals surface area contributed by atoms with Gasteiger partial charge in [-0.1, -0.05) is 0 Å². The molecule has 16 heavy (non-hydrogen) atoms. The Morgan fingerprint density at radius 2 is 1.19 bits per heavy atom. The van der Waals surface area contributed by atoms with Gasteiger partial charge < -0.3 is 0 Å². The monoisotopic (exact) mass is 243 g/mol. The third-order valence-electron chi connectivity index (χ3n) is 3.21. The average molecular weight is 243 g/mol. The standard InChI is InChI=1S/C12H26N3P/c1-12(2,3)13-16(14-8-4-5-9-14)15-10-6-7-11-15/h16H,4-11H2,1-3H3. The van der Waals surface area contributed by atoms with E-state index in [2.05, 4.69) is 30.1 Å². The Bertz CT molecular complexity index is 240. The molecule has 4 heteroatoms. The van der Waals surface area contributed by atoms with Gasteiger partial charge in [0.25, 0.3) is 0 Å². The van der Waals surface area contributed by atoms with Crippen LogP contribution in [0.5, 0.6) is 0 Å². The van der Waals surface area contributed by atoms with Gasteiger partial charge in [0.05, 0.1) is 13.6 Å². The van der Waals surface area contributed by atoms with Gasteiger partial charge in [0.1, 0.15) is 0 Å². The van der Waals surface area contributed by atoms with Crippen LogP contribution < -0.4 is 0 Å². The van der Waals surface area contributed by atoms with Crippen LogP contribution in [0.25, 0.3) is 0 Å². The molecule has 2 aliphatic heterocycles. The minimum Gasteiger partial charge on any atom is -0.271 e. The van der Waals surface area contributed by atoms with E-state index in [4.69, 9.17) is 4.74 Å². The predicted molar refractivity (Wildman–Crippen MR) is 72.1 cm³/mol. The first-order valence-corrected chi connectivity index (χ1v) is 8.00. The van der Waals surface area contributed by atoms with Gasteiger partial charge in [-0.05, 0) is 46.5 Å². The molecule has 0 unspecified atom stereocenters. The molecule has 2 rings (SSSR count). The third kappa shape index (κ3) is 3.32. The zero-order chi connectivity index (χ0) is 11.6. The number of hydrogen-bond donors (Lipinski definition) is 0. The summed E-state index contributed by atoms with van der Waals surface area (Å²) in [6.07, 6.45) is 5.51. The molecule has 0 aromatic rings. The topological polar surface area (TPSA) is 18.8 Å². The molecule has 0 aromatic carbocycles. The van der Waals surface area contributed by atoms with Crippen molar-refractivity contribution >= 4 is 8.01 Å². The van der Waals surface area contributed by atoms with Crippen molar-refractivity contribution in [2.75, 3.05) is 26.2 Å². The Kier molecular flexibility index (Phi) is 4.10. The second kappa shape index (κ2) is 5.20. The molecule has 0 atom stereocenters. The lowest BCUT2D eigenvalue weighted by atomic mass is 10.1. The van der Waals surface area contributed by atoms with E-state index in [9.17, 15) is 0 Å². The van der Waals surface area contributed by atoms with Gasteiger partial charge >= 0.3 is 0 Å². The minimum atomic E-state index is -0.766. The van der Waals surface area contributed by atoms with Crippen molar-refractivity contribution < 1.29 is 0 Å². The van der Waals surface area contributed by atoms with E-state index in [1.807, 2.05) is 0 Å². The summed E-state index contributed by atoms with van der Waals surface area (Å²) in [4.78, 5) is 0. The van der Waals surface area contributed by atoms with Gasteiger partial charge in [-0.2, -0.15) is 0 Å². The first-order valence-electron chi connectivity index (χ1n) is 6.66. The van der Waals surface area contributed by atoms with Crippen LogP contribution in [-0.4, -0.2) is 41.1 Å². The number of rotatable bonds is 2. The number of nitrogens with zero attached hydrogens (tertiary/aromatic N) is 3. The van der Waals surface area contributed by atoms with Crippen molar-refractivity contribution in [2.45, 2.75) is 52.0 Å². The zero-order valence-corrected chi connectivity index (χ0v) is 12.0. The second-order valence-electron chi connectivity index (χ2n) is 5.97. The van der Waals surface area contributed by atoms with Crippen molar-refractivity contribution in [3.05, 3.63) is 0 Å². The van der Waals surface area contributed by atoms with E-state index >= 15 is 0 Å². The van der Waals surface area contributed by atoms with Crippen LogP contribution in [-0.2, 0) is 0 Å². The van der Waals surface area contributed by atoms with Gasteiger partial charge in [0, 0.05) is 26.2 Å². The molecular formula is C12H26N3P. The molecular weight excluding hydrogens is 217 g/mol. The first-order chi connectivity index (χ1) is 7.56. The number of hydrogen-bond acceptors (Lipinski definition) is 1. The van der Waals surface area contributed by atoms with Gasteiger partial charge in [0.2, 0.25) is 0 Å². The van der Waals surface area contributed by atoms with Gasteiger partial charge in [-0.3, -0.25) is 14.1 Å².